The lowest BCUT2D eigenvalue weighted by Gasteiger charge is -2.26. The Morgan fingerprint density at radius 1 is 1.14 bits per heavy atom. The molecule has 0 spiro atoms. The van der Waals surface area contributed by atoms with E-state index < -0.39 is 0 Å². The molecule has 0 radical (unpaired) electrons. The van der Waals surface area contributed by atoms with Gasteiger partial charge < -0.3 is 10.1 Å². The van der Waals surface area contributed by atoms with Crippen LogP contribution in [0.15, 0.2) is 48.7 Å². The Bertz CT molecular complexity index is 1140. The molecule has 2 heterocycles. The quantitative estimate of drug-likeness (QED) is 0.465. The Morgan fingerprint density at radius 3 is 2.76 bits per heavy atom. The van der Waals surface area contributed by atoms with Crippen molar-refractivity contribution in [3.63, 3.8) is 0 Å². The number of aromatic amines is 1. The molecule has 5 rings (SSSR count). The van der Waals surface area contributed by atoms with Crippen LogP contribution in [0, 0.1) is 5.92 Å². The zero-order chi connectivity index (χ0) is 19.8. The lowest BCUT2D eigenvalue weighted by Crippen LogP contribution is -2.29. The maximum absolute atomic E-state index is 12.9. The van der Waals surface area contributed by atoms with Gasteiger partial charge in [0, 0.05) is 39.2 Å². The first-order valence-electron chi connectivity index (χ1n) is 10.0. The molecule has 2 N–H and O–H groups in total. The predicted molar refractivity (Wildman–Crippen MR) is 118 cm³/mol. The highest BCUT2D eigenvalue weighted by atomic mass is 32.1. The summed E-state index contributed by atoms with van der Waals surface area (Å²) in [6, 6.07) is 14.6. The highest BCUT2D eigenvalue weighted by Crippen LogP contribution is 2.38. The highest BCUT2D eigenvalue weighted by molar-refractivity contribution is 7.22. The van der Waals surface area contributed by atoms with Crippen LogP contribution in [0.1, 0.15) is 25.7 Å². The van der Waals surface area contributed by atoms with Gasteiger partial charge >= 0.3 is 0 Å². The Labute approximate surface area is 173 Å². The van der Waals surface area contributed by atoms with Gasteiger partial charge in [-0.05, 0) is 55.3 Å². The molecule has 6 heteroatoms. The standard InChI is InChI=1S/C23H23N3O2S/c1-28-18-8-6-14(7-9-18)23(27)25-17-10-16-13-24-26-22(16)19(12-17)21-11-15-4-2-3-5-20(15)29-21/h2-5,10-14,18H,6-9H2,1H3,(H,24,26)(H,25,27). The predicted octanol–water partition coefficient (Wildman–Crippen LogP) is 5.59. The summed E-state index contributed by atoms with van der Waals surface area (Å²) in [7, 11) is 1.75. The van der Waals surface area contributed by atoms with Crippen LogP contribution in [0.2, 0.25) is 0 Å². The van der Waals surface area contributed by atoms with Crippen LogP contribution in [0.4, 0.5) is 5.69 Å². The number of anilines is 1. The number of benzene rings is 2. The first-order valence-corrected chi connectivity index (χ1v) is 10.8. The van der Waals surface area contributed by atoms with E-state index in [4.69, 9.17) is 4.74 Å². The van der Waals surface area contributed by atoms with Crippen LogP contribution in [0.5, 0.6) is 0 Å². The van der Waals surface area contributed by atoms with E-state index in [1.165, 1.54) is 10.1 Å². The van der Waals surface area contributed by atoms with Crippen molar-refractivity contribution in [2.75, 3.05) is 12.4 Å². The zero-order valence-corrected chi connectivity index (χ0v) is 17.1. The number of rotatable bonds is 4. The lowest BCUT2D eigenvalue weighted by molar-refractivity contribution is -0.121. The smallest absolute Gasteiger partial charge is 0.227 e. The number of methoxy groups -OCH3 is 1. The minimum atomic E-state index is 0.0502. The van der Waals surface area contributed by atoms with Gasteiger partial charge in [0.25, 0.3) is 0 Å². The van der Waals surface area contributed by atoms with Crippen LogP contribution >= 0.6 is 11.3 Å². The van der Waals surface area contributed by atoms with Gasteiger partial charge in [-0.1, -0.05) is 18.2 Å². The summed E-state index contributed by atoms with van der Waals surface area (Å²) in [5.74, 6) is 0.152. The zero-order valence-electron chi connectivity index (χ0n) is 16.3. The van der Waals surface area contributed by atoms with Crippen LogP contribution in [-0.2, 0) is 9.53 Å². The molecule has 1 saturated carbocycles. The van der Waals surface area contributed by atoms with Gasteiger partial charge in [-0.2, -0.15) is 5.10 Å². The second kappa shape index (κ2) is 7.61. The fourth-order valence-corrected chi connectivity index (χ4v) is 5.33. The van der Waals surface area contributed by atoms with E-state index in [0.717, 1.165) is 52.7 Å². The molecule has 0 aliphatic heterocycles. The van der Waals surface area contributed by atoms with Crippen LogP contribution in [0.25, 0.3) is 31.4 Å². The first kappa shape index (κ1) is 18.3. The van der Waals surface area contributed by atoms with Gasteiger partial charge in [-0.15, -0.1) is 11.3 Å². The third-order valence-electron chi connectivity index (χ3n) is 5.89. The SMILES string of the molecule is COC1CCC(C(=O)Nc2cc(-c3cc4ccccc4s3)c3[nH]ncc3c2)CC1. The molecule has 2 aromatic heterocycles. The van der Waals surface area contributed by atoms with Crippen molar-refractivity contribution in [3.05, 3.63) is 48.7 Å². The summed E-state index contributed by atoms with van der Waals surface area (Å²) in [6.07, 6.45) is 5.75. The second-order valence-electron chi connectivity index (χ2n) is 7.71. The molecule has 0 bridgehead atoms. The molecule has 0 saturated heterocycles. The summed E-state index contributed by atoms with van der Waals surface area (Å²) in [5.41, 5.74) is 2.89. The molecule has 0 atom stereocenters. The first-order chi connectivity index (χ1) is 14.2. The summed E-state index contributed by atoms with van der Waals surface area (Å²) >= 11 is 1.75. The van der Waals surface area contributed by atoms with Gasteiger partial charge in [0.05, 0.1) is 17.8 Å². The van der Waals surface area contributed by atoms with Crippen LogP contribution < -0.4 is 5.32 Å². The number of hydrogen-bond acceptors (Lipinski definition) is 4. The number of fused-ring (bicyclic) bond motifs is 2. The Hall–Kier alpha value is -2.70. The van der Waals surface area contributed by atoms with Gasteiger partial charge in [0.15, 0.2) is 0 Å². The number of H-pyrrole nitrogens is 1. The maximum Gasteiger partial charge on any atom is 0.227 e. The van der Waals surface area contributed by atoms with Crippen molar-refractivity contribution < 1.29 is 9.53 Å². The number of thiophene rings is 1. The van der Waals surface area contributed by atoms with E-state index in [2.05, 4.69) is 51.9 Å². The molecule has 2 aromatic carbocycles. The number of aromatic nitrogens is 2. The molecular weight excluding hydrogens is 382 g/mol. The van der Waals surface area contributed by atoms with Crippen molar-refractivity contribution in [3.8, 4) is 10.4 Å². The number of amides is 1. The van der Waals surface area contributed by atoms with Crippen molar-refractivity contribution in [2.45, 2.75) is 31.8 Å². The van der Waals surface area contributed by atoms with E-state index >= 15 is 0 Å². The fourth-order valence-electron chi connectivity index (χ4n) is 4.24. The third kappa shape index (κ3) is 3.54. The number of nitrogens with one attached hydrogen (secondary N) is 2. The summed E-state index contributed by atoms with van der Waals surface area (Å²) < 4.78 is 6.68. The fraction of sp³-hybridized carbons (Fsp3) is 0.304. The number of ether oxygens (including phenoxy) is 1. The normalized spacial score (nSPS) is 19.6. The lowest BCUT2D eigenvalue weighted by atomic mass is 9.86. The number of nitrogens with zero attached hydrogens (tertiary/aromatic N) is 1. The summed E-state index contributed by atoms with van der Waals surface area (Å²) in [4.78, 5) is 14.0. The van der Waals surface area contributed by atoms with Gasteiger partial charge in [0.1, 0.15) is 0 Å². The molecular formula is C23H23N3O2S. The average molecular weight is 406 g/mol. The minimum Gasteiger partial charge on any atom is -0.381 e. The summed E-state index contributed by atoms with van der Waals surface area (Å²) in [6.45, 7) is 0. The number of hydrogen-bond donors (Lipinski definition) is 2. The van der Waals surface area contributed by atoms with Gasteiger partial charge in [-0.3, -0.25) is 9.89 Å². The van der Waals surface area contributed by atoms with E-state index in [1.807, 2.05) is 12.3 Å². The van der Waals surface area contributed by atoms with E-state index in [-0.39, 0.29) is 11.8 Å². The van der Waals surface area contributed by atoms with E-state index in [1.54, 1.807) is 18.4 Å². The molecule has 1 fully saturated rings. The van der Waals surface area contributed by atoms with E-state index in [0.29, 0.717) is 6.10 Å². The largest absolute Gasteiger partial charge is 0.381 e. The minimum absolute atomic E-state index is 0.0502. The van der Waals surface area contributed by atoms with Crippen molar-refractivity contribution in [1.82, 2.24) is 10.2 Å². The Balaban J connectivity index is 1.45. The molecule has 1 aliphatic rings. The highest BCUT2D eigenvalue weighted by Gasteiger charge is 2.26. The maximum atomic E-state index is 12.9. The number of carbonyl (C=O) groups excluding carboxylic acids is 1. The van der Waals surface area contributed by atoms with Crippen molar-refractivity contribution in [2.24, 2.45) is 5.92 Å². The number of carbonyl (C=O) groups is 1. The molecule has 5 nitrogen and oxygen atoms in total. The second-order valence-corrected chi connectivity index (χ2v) is 8.79. The van der Waals surface area contributed by atoms with Gasteiger partial charge in [-0.25, -0.2) is 0 Å². The topological polar surface area (TPSA) is 67.0 Å². The molecule has 1 amide bonds. The van der Waals surface area contributed by atoms with E-state index in [9.17, 15) is 4.79 Å². The molecule has 148 valence electrons. The molecule has 1 aliphatic carbocycles. The Kier molecular flexibility index (Phi) is 4.81. The van der Waals surface area contributed by atoms with Crippen LogP contribution in [-0.4, -0.2) is 29.3 Å². The Morgan fingerprint density at radius 2 is 1.97 bits per heavy atom. The van der Waals surface area contributed by atoms with Crippen molar-refractivity contribution in [1.29, 1.82) is 0 Å². The van der Waals surface area contributed by atoms with Gasteiger partial charge in [0.2, 0.25) is 5.91 Å². The summed E-state index contributed by atoms with van der Waals surface area (Å²) in [5, 5.41) is 12.7. The molecule has 29 heavy (non-hydrogen) atoms. The monoisotopic (exact) mass is 405 g/mol. The molecule has 4 aromatic rings. The third-order valence-corrected chi connectivity index (χ3v) is 7.04. The van der Waals surface area contributed by atoms with Crippen LogP contribution in [0.3, 0.4) is 0 Å². The average Bonchev–Trinajstić information content (AvgIpc) is 3.40. The van der Waals surface area contributed by atoms with Crippen molar-refractivity contribution >= 4 is 43.9 Å². The molecule has 0 unspecified atom stereocenters.